The number of hydrogen-bond acceptors (Lipinski definition) is 7. The van der Waals surface area contributed by atoms with Crippen LogP contribution in [0.15, 0.2) is 45.6 Å². The van der Waals surface area contributed by atoms with Crippen molar-refractivity contribution >= 4 is 26.7 Å². The number of phenolic OH excluding ortho intramolecular Hbond substituents is 1. The van der Waals surface area contributed by atoms with Crippen LogP contribution in [0.4, 0.5) is 5.69 Å². The van der Waals surface area contributed by atoms with Crippen LogP contribution in [0.25, 0.3) is 22.3 Å². The molecule has 0 saturated carbocycles. The molecule has 8 nitrogen and oxygen atoms in total. The third-order valence-corrected chi connectivity index (χ3v) is 5.88. The predicted octanol–water partition coefficient (Wildman–Crippen LogP) is 4.11. The maximum absolute atomic E-state index is 12.7. The summed E-state index contributed by atoms with van der Waals surface area (Å²) in [6.07, 6.45) is 0.276. The van der Waals surface area contributed by atoms with Gasteiger partial charge in [0.2, 0.25) is 15.8 Å². The lowest BCUT2D eigenvalue weighted by Gasteiger charge is -2.16. The molecule has 31 heavy (non-hydrogen) atoms. The SMILES string of the molecule is CCCS(=O)(=O)Nc1ccc(-c2cc(=O)c3c(O)cc(OC)c(OC(C)C)c3o2)cc1. The van der Waals surface area contributed by atoms with E-state index in [-0.39, 0.29) is 45.8 Å². The molecule has 0 bridgehead atoms. The molecule has 0 aliphatic heterocycles. The third-order valence-electron chi connectivity index (χ3n) is 4.39. The second kappa shape index (κ2) is 8.89. The highest BCUT2D eigenvalue weighted by molar-refractivity contribution is 7.92. The summed E-state index contributed by atoms with van der Waals surface area (Å²) in [6, 6.07) is 9.02. The van der Waals surface area contributed by atoms with Gasteiger partial charge in [0.15, 0.2) is 16.8 Å². The fourth-order valence-corrected chi connectivity index (χ4v) is 4.25. The smallest absolute Gasteiger partial charge is 0.232 e. The Bertz CT molecular complexity index is 1250. The molecular weight excluding hydrogens is 422 g/mol. The van der Waals surface area contributed by atoms with E-state index in [4.69, 9.17) is 13.9 Å². The van der Waals surface area contributed by atoms with Gasteiger partial charge in [0, 0.05) is 23.4 Å². The fraction of sp³-hybridized carbons (Fsp3) is 0.318. The molecule has 1 aromatic heterocycles. The van der Waals surface area contributed by atoms with E-state index in [0.717, 1.165) is 0 Å². The van der Waals surface area contributed by atoms with Crippen LogP contribution in [0, 0.1) is 0 Å². The van der Waals surface area contributed by atoms with Gasteiger partial charge in [-0.15, -0.1) is 0 Å². The molecule has 0 unspecified atom stereocenters. The van der Waals surface area contributed by atoms with E-state index in [0.29, 0.717) is 17.7 Å². The number of anilines is 1. The Balaban J connectivity index is 2.10. The Morgan fingerprint density at radius 2 is 1.84 bits per heavy atom. The topological polar surface area (TPSA) is 115 Å². The summed E-state index contributed by atoms with van der Waals surface area (Å²) in [4.78, 5) is 12.7. The van der Waals surface area contributed by atoms with Crippen molar-refractivity contribution < 1.29 is 27.4 Å². The van der Waals surface area contributed by atoms with Crippen LogP contribution in [-0.4, -0.2) is 32.5 Å². The summed E-state index contributed by atoms with van der Waals surface area (Å²) in [5.41, 5.74) is 0.581. The monoisotopic (exact) mass is 447 g/mol. The quantitative estimate of drug-likeness (QED) is 0.534. The summed E-state index contributed by atoms with van der Waals surface area (Å²) in [5.74, 6) is 0.441. The molecule has 0 aliphatic carbocycles. The predicted molar refractivity (Wildman–Crippen MR) is 120 cm³/mol. The number of phenols is 1. The van der Waals surface area contributed by atoms with Crippen LogP contribution in [0.5, 0.6) is 17.2 Å². The largest absolute Gasteiger partial charge is 0.507 e. The molecule has 0 spiro atoms. The van der Waals surface area contributed by atoms with Crippen molar-refractivity contribution in [2.75, 3.05) is 17.6 Å². The maximum atomic E-state index is 12.7. The van der Waals surface area contributed by atoms with Gasteiger partial charge in [0.05, 0.1) is 19.0 Å². The minimum Gasteiger partial charge on any atom is -0.507 e. The second-order valence-corrected chi connectivity index (χ2v) is 9.11. The van der Waals surface area contributed by atoms with Crippen molar-refractivity contribution in [2.24, 2.45) is 0 Å². The average molecular weight is 448 g/mol. The molecule has 3 aromatic rings. The minimum atomic E-state index is -3.41. The van der Waals surface area contributed by atoms with Crippen LogP contribution < -0.4 is 19.6 Å². The first-order valence-corrected chi connectivity index (χ1v) is 11.5. The number of nitrogens with one attached hydrogen (secondary N) is 1. The highest BCUT2D eigenvalue weighted by Crippen LogP contribution is 2.41. The van der Waals surface area contributed by atoms with E-state index in [1.165, 1.54) is 19.2 Å². The van der Waals surface area contributed by atoms with Crippen LogP contribution >= 0.6 is 0 Å². The molecule has 1 heterocycles. The van der Waals surface area contributed by atoms with Gasteiger partial charge >= 0.3 is 0 Å². The Morgan fingerprint density at radius 3 is 2.42 bits per heavy atom. The van der Waals surface area contributed by atoms with Gasteiger partial charge in [-0.3, -0.25) is 9.52 Å². The molecule has 2 aromatic carbocycles. The lowest BCUT2D eigenvalue weighted by molar-refractivity contribution is 0.229. The van der Waals surface area contributed by atoms with Crippen molar-refractivity contribution in [3.8, 4) is 28.6 Å². The molecule has 9 heteroatoms. The first kappa shape index (κ1) is 22.5. The number of ether oxygens (including phenoxy) is 2. The molecule has 0 amide bonds. The molecular formula is C22H25NO7S. The van der Waals surface area contributed by atoms with E-state index in [1.807, 2.05) is 13.8 Å². The zero-order chi connectivity index (χ0) is 22.8. The molecule has 3 rings (SSSR count). The second-order valence-electron chi connectivity index (χ2n) is 7.27. The van der Waals surface area contributed by atoms with E-state index < -0.39 is 15.5 Å². The first-order valence-electron chi connectivity index (χ1n) is 9.80. The molecule has 0 atom stereocenters. The molecule has 2 N–H and O–H groups in total. The third kappa shape index (κ3) is 4.93. The van der Waals surface area contributed by atoms with Crippen molar-refractivity contribution in [3.05, 3.63) is 46.6 Å². The van der Waals surface area contributed by atoms with Crippen molar-refractivity contribution in [1.29, 1.82) is 0 Å². The van der Waals surface area contributed by atoms with Crippen LogP contribution in [0.3, 0.4) is 0 Å². The lowest BCUT2D eigenvalue weighted by Crippen LogP contribution is -2.15. The minimum absolute atomic E-state index is 0.0101. The summed E-state index contributed by atoms with van der Waals surface area (Å²) < 4.78 is 43.4. The van der Waals surface area contributed by atoms with Gasteiger partial charge in [0.1, 0.15) is 16.9 Å². The number of sulfonamides is 1. The van der Waals surface area contributed by atoms with E-state index in [2.05, 4.69) is 4.72 Å². The number of methoxy groups -OCH3 is 1. The van der Waals surface area contributed by atoms with Gasteiger partial charge in [-0.25, -0.2) is 8.42 Å². The number of rotatable bonds is 8. The van der Waals surface area contributed by atoms with Crippen molar-refractivity contribution in [2.45, 2.75) is 33.3 Å². The number of benzene rings is 2. The first-order chi connectivity index (χ1) is 14.6. The molecule has 166 valence electrons. The highest BCUT2D eigenvalue weighted by atomic mass is 32.2. The van der Waals surface area contributed by atoms with Gasteiger partial charge in [0.25, 0.3) is 0 Å². The number of hydrogen-bond donors (Lipinski definition) is 2. The van der Waals surface area contributed by atoms with Crippen LogP contribution in [0.2, 0.25) is 0 Å². The normalized spacial score (nSPS) is 11.6. The fourth-order valence-electron chi connectivity index (χ4n) is 3.11. The Hall–Kier alpha value is -3.20. The van der Waals surface area contributed by atoms with E-state index >= 15 is 0 Å². The van der Waals surface area contributed by atoms with Crippen molar-refractivity contribution in [3.63, 3.8) is 0 Å². The molecule has 0 radical (unpaired) electrons. The van der Waals surface area contributed by atoms with E-state index in [1.54, 1.807) is 31.2 Å². The number of fused-ring (bicyclic) bond motifs is 1. The van der Waals surface area contributed by atoms with Crippen molar-refractivity contribution in [1.82, 2.24) is 0 Å². The highest BCUT2D eigenvalue weighted by Gasteiger charge is 2.21. The average Bonchev–Trinajstić information content (AvgIpc) is 2.69. The lowest BCUT2D eigenvalue weighted by atomic mass is 10.1. The zero-order valence-corrected chi connectivity index (χ0v) is 18.6. The Kier molecular flexibility index (Phi) is 6.45. The summed E-state index contributed by atoms with van der Waals surface area (Å²) in [5, 5.41) is 10.3. The Labute approximate surface area is 180 Å². The van der Waals surface area contributed by atoms with Gasteiger partial charge in [-0.2, -0.15) is 0 Å². The molecule has 0 saturated heterocycles. The van der Waals surface area contributed by atoms with Gasteiger partial charge in [-0.05, 0) is 44.5 Å². The number of aromatic hydroxyl groups is 1. The maximum Gasteiger partial charge on any atom is 0.232 e. The molecule has 0 fully saturated rings. The summed E-state index contributed by atoms with van der Waals surface area (Å²) >= 11 is 0. The van der Waals surface area contributed by atoms with Crippen LogP contribution in [0.1, 0.15) is 27.2 Å². The Morgan fingerprint density at radius 1 is 1.16 bits per heavy atom. The van der Waals surface area contributed by atoms with E-state index in [9.17, 15) is 18.3 Å². The van der Waals surface area contributed by atoms with Crippen LogP contribution in [-0.2, 0) is 10.0 Å². The molecule has 0 aliphatic rings. The zero-order valence-electron chi connectivity index (χ0n) is 17.8. The summed E-state index contributed by atoms with van der Waals surface area (Å²) in [7, 11) is -1.98. The summed E-state index contributed by atoms with van der Waals surface area (Å²) in [6.45, 7) is 5.42. The van der Waals surface area contributed by atoms with Gasteiger partial charge < -0.3 is 19.0 Å². The van der Waals surface area contributed by atoms with Gasteiger partial charge in [-0.1, -0.05) is 6.92 Å². The standard InChI is InChI=1S/C22H25NO7S/c1-5-10-31(26,27)23-15-8-6-14(7-9-15)18-11-16(24)20-17(25)12-19(28-4)21(22(20)30-18)29-13(2)3/h6-9,11-13,23,25H,5,10H2,1-4H3.